The second-order valence-corrected chi connectivity index (χ2v) is 8.35. The molecule has 0 unspecified atom stereocenters. The smallest absolute Gasteiger partial charge is 0.293 e. The highest BCUT2D eigenvalue weighted by molar-refractivity contribution is 5.80. The molecule has 0 radical (unpaired) electrons. The van der Waals surface area contributed by atoms with E-state index in [1.165, 1.54) is 4.68 Å². The van der Waals surface area contributed by atoms with Crippen LogP contribution in [0.4, 0.5) is 0 Å². The SMILES string of the molecule is CCc1nc2c(=O)n3n(c(=O)c2n1Cc1ccc(-c2ccccc2-c2nn[nH]n2)cc1)CCC3. The lowest BCUT2D eigenvalue weighted by atomic mass is 9.98. The molecule has 10 heteroatoms. The van der Waals surface area contributed by atoms with Gasteiger partial charge in [-0.15, -0.1) is 10.2 Å². The van der Waals surface area contributed by atoms with Crippen molar-refractivity contribution in [2.75, 3.05) is 0 Å². The minimum Gasteiger partial charge on any atom is -0.319 e. The Kier molecular flexibility index (Phi) is 4.72. The number of nitrogens with one attached hydrogen (secondary N) is 1. The largest absolute Gasteiger partial charge is 0.319 e. The molecule has 6 rings (SSSR count). The number of hydrogen-bond donors (Lipinski definition) is 1. The van der Waals surface area contributed by atoms with E-state index < -0.39 is 0 Å². The standard InChI is InChI=1S/C24H22N8O2/c1-2-19-25-20-21(24(34)32-13-5-12-31(32)23(20)33)30(19)14-15-8-10-16(11-9-15)17-6-3-4-7-18(17)22-26-28-29-27-22/h3-4,6-11H,2,5,12-14H2,1H3,(H,26,27,28,29). The van der Waals surface area contributed by atoms with E-state index in [9.17, 15) is 9.59 Å². The summed E-state index contributed by atoms with van der Waals surface area (Å²) in [5, 5.41) is 14.4. The van der Waals surface area contributed by atoms with Crippen molar-refractivity contribution in [3.63, 3.8) is 0 Å². The highest BCUT2D eigenvalue weighted by Gasteiger charge is 2.23. The summed E-state index contributed by atoms with van der Waals surface area (Å²) in [6.45, 7) is 3.57. The topological polar surface area (TPSA) is 116 Å². The van der Waals surface area contributed by atoms with Crippen LogP contribution in [-0.2, 0) is 26.1 Å². The fourth-order valence-corrected chi connectivity index (χ4v) is 4.76. The van der Waals surface area contributed by atoms with Gasteiger partial charge in [-0.2, -0.15) is 5.21 Å². The number of aryl methyl sites for hydroxylation is 1. The van der Waals surface area contributed by atoms with Crippen molar-refractivity contribution < 1.29 is 0 Å². The summed E-state index contributed by atoms with van der Waals surface area (Å²) in [4.78, 5) is 30.7. The van der Waals surface area contributed by atoms with E-state index in [-0.39, 0.29) is 16.6 Å². The van der Waals surface area contributed by atoms with Gasteiger partial charge in [0, 0.05) is 31.6 Å². The molecule has 0 spiro atoms. The lowest BCUT2D eigenvalue weighted by Gasteiger charge is -2.11. The van der Waals surface area contributed by atoms with Gasteiger partial charge in [0.05, 0.1) is 0 Å². The van der Waals surface area contributed by atoms with Crippen LogP contribution in [0.25, 0.3) is 33.5 Å². The lowest BCUT2D eigenvalue weighted by molar-refractivity contribution is 0.554. The zero-order chi connectivity index (χ0) is 23.2. The molecular weight excluding hydrogens is 432 g/mol. The molecule has 0 amide bonds. The van der Waals surface area contributed by atoms with Gasteiger partial charge in [0.1, 0.15) is 11.3 Å². The molecule has 1 aliphatic heterocycles. The molecule has 1 N–H and O–H groups in total. The van der Waals surface area contributed by atoms with Crippen molar-refractivity contribution >= 4 is 11.0 Å². The van der Waals surface area contributed by atoms with Crippen LogP contribution >= 0.6 is 0 Å². The minimum absolute atomic E-state index is 0.148. The third-order valence-corrected chi connectivity index (χ3v) is 6.39. The van der Waals surface area contributed by atoms with Crippen molar-refractivity contribution in [2.45, 2.75) is 39.4 Å². The van der Waals surface area contributed by atoms with Crippen molar-refractivity contribution in [2.24, 2.45) is 0 Å². The quantitative estimate of drug-likeness (QED) is 0.435. The van der Waals surface area contributed by atoms with Crippen LogP contribution in [0, 0.1) is 0 Å². The maximum absolute atomic E-state index is 13.2. The molecular formula is C24H22N8O2. The van der Waals surface area contributed by atoms with Crippen LogP contribution in [-0.4, -0.2) is 39.5 Å². The Morgan fingerprint density at radius 1 is 0.941 bits per heavy atom. The second-order valence-electron chi connectivity index (χ2n) is 8.35. The highest BCUT2D eigenvalue weighted by atomic mass is 16.2. The number of nitrogens with zero attached hydrogens (tertiary/aromatic N) is 7. The maximum Gasteiger partial charge on any atom is 0.293 e. The summed E-state index contributed by atoms with van der Waals surface area (Å²) < 4.78 is 4.98. The molecule has 34 heavy (non-hydrogen) atoms. The molecule has 0 saturated heterocycles. The number of aromatic nitrogens is 8. The van der Waals surface area contributed by atoms with E-state index >= 15 is 0 Å². The zero-order valence-electron chi connectivity index (χ0n) is 18.6. The van der Waals surface area contributed by atoms with Gasteiger partial charge in [-0.05, 0) is 28.3 Å². The summed E-state index contributed by atoms with van der Waals surface area (Å²) in [5.74, 6) is 1.28. The number of H-pyrrole nitrogens is 1. The number of fused-ring (bicyclic) bond motifs is 2. The summed E-state index contributed by atoms with van der Waals surface area (Å²) in [7, 11) is 0. The second kappa shape index (κ2) is 7.91. The van der Waals surface area contributed by atoms with E-state index in [0.29, 0.717) is 37.4 Å². The summed E-state index contributed by atoms with van der Waals surface area (Å²) in [5.41, 5.74) is 4.25. The number of tetrazole rings is 1. The van der Waals surface area contributed by atoms with E-state index in [2.05, 4.69) is 25.6 Å². The van der Waals surface area contributed by atoms with Gasteiger partial charge in [0.25, 0.3) is 11.1 Å². The van der Waals surface area contributed by atoms with Gasteiger partial charge in [-0.3, -0.25) is 9.59 Å². The molecule has 0 aliphatic carbocycles. The van der Waals surface area contributed by atoms with Gasteiger partial charge < -0.3 is 4.57 Å². The van der Waals surface area contributed by atoms with Gasteiger partial charge in [-0.25, -0.2) is 14.3 Å². The predicted molar refractivity (Wildman–Crippen MR) is 126 cm³/mol. The zero-order valence-corrected chi connectivity index (χ0v) is 18.6. The Balaban J connectivity index is 1.40. The van der Waals surface area contributed by atoms with E-state index in [1.54, 1.807) is 4.68 Å². The lowest BCUT2D eigenvalue weighted by Crippen LogP contribution is -2.35. The summed E-state index contributed by atoms with van der Waals surface area (Å²) >= 11 is 0. The monoisotopic (exact) mass is 454 g/mol. The summed E-state index contributed by atoms with van der Waals surface area (Å²) in [6, 6.07) is 16.0. The third kappa shape index (κ3) is 3.10. The molecule has 10 nitrogen and oxygen atoms in total. The molecule has 0 bridgehead atoms. The molecule has 0 fully saturated rings. The Labute approximate surface area is 193 Å². The first-order valence-corrected chi connectivity index (χ1v) is 11.3. The third-order valence-electron chi connectivity index (χ3n) is 6.39. The van der Waals surface area contributed by atoms with E-state index in [4.69, 9.17) is 0 Å². The van der Waals surface area contributed by atoms with Gasteiger partial charge >= 0.3 is 0 Å². The Morgan fingerprint density at radius 3 is 2.38 bits per heavy atom. The average molecular weight is 454 g/mol. The van der Waals surface area contributed by atoms with Crippen LogP contribution in [0.5, 0.6) is 0 Å². The highest BCUT2D eigenvalue weighted by Crippen LogP contribution is 2.30. The first-order valence-electron chi connectivity index (χ1n) is 11.3. The fraction of sp³-hybridized carbons (Fsp3) is 0.250. The molecule has 2 aromatic carbocycles. The first-order chi connectivity index (χ1) is 16.7. The molecule has 1 aliphatic rings. The fourth-order valence-electron chi connectivity index (χ4n) is 4.76. The minimum atomic E-state index is -0.186. The van der Waals surface area contributed by atoms with Gasteiger partial charge in [-0.1, -0.05) is 55.5 Å². The Bertz CT molecular complexity index is 1630. The number of rotatable bonds is 5. The van der Waals surface area contributed by atoms with Crippen LogP contribution in [0.1, 0.15) is 24.7 Å². The van der Waals surface area contributed by atoms with Crippen molar-refractivity contribution in [1.29, 1.82) is 0 Å². The molecule has 0 saturated carbocycles. The van der Waals surface area contributed by atoms with Crippen LogP contribution in [0.3, 0.4) is 0 Å². The molecule has 5 aromatic rings. The van der Waals surface area contributed by atoms with Crippen LogP contribution in [0.2, 0.25) is 0 Å². The molecule has 0 atom stereocenters. The van der Waals surface area contributed by atoms with Crippen LogP contribution in [0.15, 0.2) is 58.1 Å². The predicted octanol–water partition coefficient (Wildman–Crippen LogP) is 2.22. The van der Waals surface area contributed by atoms with Crippen molar-refractivity contribution in [3.05, 3.63) is 80.6 Å². The first kappa shape index (κ1) is 20.3. The Morgan fingerprint density at radius 2 is 1.68 bits per heavy atom. The average Bonchev–Trinajstić information content (AvgIpc) is 3.63. The maximum atomic E-state index is 13.2. The van der Waals surface area contributed by atoms with E-state index in [0.717, 1.165) is 34.5 Å². The van der Waals surface area contributed by atoms with Crippen molar-refractivity contribution in [1.82, 2.24) is 39.5 Å². The van der Waals surface area contributed by atoms with Gasteiger partial charge in [0.15, 0.2) is 5.52 Å². The number of benzene rings is 2. The van der Waals surface area contributed by atoms with E-state index in [1.807, 2.05) is 60.0 Å². The van der Waals surface area contributed by atoms with Gasteiger partial charge in [0.2, 0.25) is 5.82 Å². The normalized spacial score (nSPS) is 13.0. The molecule has 3 aromatic heterocycles. The molecule has 4 heterocycles. The number of aromatic amines is 1. The Hall–Kier alpha value is -4.34. The summed E-state index contributed by atoms with van der Waals surface area (Å²) in [6.07, 6.45) is 1.42. The molecule has 170 valence electrons. The van der Waals surface area contributed by atoms with Crippen molar-refractivity contribution in [3.8, 4) is 22.5 Å². The number of hydrogen-bond acceptors (Lipinski definition) is 6. The number of imidazole rings is 1. The van der Waals surface area contributed by atoms with Crippen LogP contribution < -0.4 is 11.1 Å².